The van der Waals surface area contributed by atoms with E-state index in [1.54, 1.807) is 0 Å². The van der Waals surface area contributed by atoms with Crippen LogP contribution in [0, 0.1) is 0 Å². The first-order chi connectivity index (χ1) is 10.8. The number of ether oxygens (including phenoxy) is 2. The average Bonchev–Trinajstić information content (AvgIpc) is 3.15. The van der Waals surface area contributed by atoms with Crippen LogP contribution in [0.4, 0.5) is 4.79 Å². The Morgan fingerprint density at radius 3 is 2.73 bits per heavy atom. The van der Waals surface area contributed by atoms with Crippen LogP contribution in [0.25, 0.3) is 0 Å². The van der Waals surface area contributed by atoms with Crippen LogP contribution in [0.1, 0.15) is 24.0 Å². The fourth-order valence-corrected chi connectivity index (χ4v) is 3.12. The standard InChI is InChI=1S/C17H24N2O3/c20-17(18-7-9-21-12-16-6-3-8-22-16)19-15-10-13-4-1-2-5-14(13)11-15/h1-2,4-5,15-16H,3,6-12H2,(H2,18,19,20). The molecule has 120 valence electrons. The van der Waals surface area contributed by atoms with Gasteiger partial charge in [0.1, 0.15) is 0 Å². The fraction of sp³-hybridized carbons (Fsp3) is 0.588. The quantitative estimate of drug-likeness (QED) is 0.786. The van der Waals surface area contributed by atoms with Gasteiger partial charge in [0.15, 0.2) is 0 Å². The van der Waals surface area contributed by atoms with E-state index in [0.717, 1.165) is 32.3 Å². The van der Waals surface area contributed by atoms with Crippen molar-refractivity contribution in [2.75, 3.05) is 26.4 Å². The highest BCUT2D eigenvalue weighted by atomic mass is 16.5. The van der Waals surface area contributed by atoms with Crippen molar-refractivity contribution in [2.45, 2.75) is 37.8 Å². The third-order valence-electron chi connectivity index (χ3n) is 4.25. The molecule has 0 saturated carbocycles. The Morgan fingerprint density at radius 2 is 2.05 bits per heavy atom. The predicted molar refractivity (Wildman–Crippen MR) is 84.0 cm³/mol. The molecule has 1 aromatic carbocycles. The Hall–Kier alpha value is -1.59. The van der Waals surface area contributed by atoms with Crippen LogP contribution in [0.2, 0.25) is 0 Å². The number of carbonyl (C=O) groups is 1. The van der Waals surface area contributed by atoms with Gasteiger partial charge in [-0.05, 0) is 36.8 Å². The highest BCUT2D eigenvalue weighted by molar-refractivity contribution is 5.74. The zero-order valence-electron chi connectivity index (χ0n) is 12.8. The number of urea groups is 1. The van der Waals surface area contributed by atoms with E-state index in [2.05, 4.69) is 22.8 Å². The van der Waals surface area contributed by atoms with Crippen LogP contribution in [-0.4, -0.2) is 44.5 Å². The maximum atomic E-state index is 11.9. The molecular weight excluding hydrogens is 280 g/mol. The molecule has 5 nitrogen and oxygen atoms in total. The van der Waals surface area contributed by atoms with Crippen LogP contribution < -0.4 is 10.6 Å². The zero-order valence-corrected chi connectivity index (χ0v) is 12.8. The number of nitrogens with one attached hydrogen (secondary N) is 2. The largest absolute Gasteiger partial charge is 0.377 e. The molecule has 1 heterocycles. The van der Waals surface area contributed by atoms with Gasteiger partial charge in [-0.2, -0.15) is 0 Å². The van der Waals surface area contributed by atoms with Crippen molar-refractivity contribution in [3.8, 4) is 0 Å². The molecule has 0 radical (unpaired) electrons. The van der Waals surface area contributed by atoms with E-state index < -0.39 is 0 Å². The lowest BCUT2D eigenvalue weighted by Crippen LogP contribution is -2.43. The first-order valence-corrected chi connectivity index (χ1v) is 8.12. The highest BCUT2D eigenvalue weighted by Crippen LogP contribution is 2.21. The smallest absolute Gasteiger partial charge is 0.315 e. The summed E-state index contributed by atoms with van der Waals surface area (Å²) in [5.74, 6) is 0. The molecule has 1 fully saturated rings. The lowest BCUT2D eigenvalue weighted by Gasteiger charge is -2.14. The molecule has 1 aromatic rings. The summed E-state index contributed by atoms with van der Waals surface area (Å²) in [7, 11) is 0. The van der Waals surface area contributed by atoms with Gasteiger partial charge < -0.3 is 20.1 Å². The highest BCUT2D eigenvalue weighted by Gasteiger charge is 2.22. The molecule has 0 bridgehead atoms. The van der Waals surface area contributed by atoms with Crippen LogP contribution in [0.3, 0.4) is 0 Å². The van der Waals surface area contributed by atoms with Gasteiger partial charge in [0.05, 0.1) is 19.3 Å². The lowest BCUT2D eigenvalue weighted by atomic mass is 10.1. The molecule has 1 unspecified atom stereocenters. The maximum absolute atomic E-state index is 11.9. The number of hydrogen-bond acceptors (Lipinski definition) is 3. The van der Waals surface area contributed by atoms with Crippen molar-refractivity contribution in [2.24, 2.45) is 0 Å². The van der Waals surface area contributed by atoms with Crippen molar-refractivity contribution in [1.82, 2.24) is 10.6 Å². The molecule has 2 amide bonds. The van der Waals surface area contributed by atoms with Gasteiger partial charge in [0.25, 0.3) is 0 Å². The number of rotatable bonds is 6. The second-order valence-corrected chi connectivity index (χ2v) is 5.98. The summed E-state index contributed by atoms with van der Waals surface area (Å²) >= 11 is 0. The summed E-state index contributed by atoms with van der Waals surface area (Å²) in [5, 5.41) is 5.87. The average molecular weight is 304 g/mol. The van der Waals surface area contributed by atoms with Crippen LogP contribution in [0.5, 0.6) is 0 Å². The summed E-state index contributed by atoms with van der Waals surface area (Å²) in [6.07, 6.45) is 4.28. The van der Waals surface area contributed by atoms with Crippen LogP contribution >= 0.6 is 0 Å². The molecule has 2 N–H and O–H groups in total. The molecule has 1 atom stereocenters. The topological polar surface area (TPSA) is 59.6 Å². The third kappa shape index (κ3) is 4.21. The summed E-state index contributed by atoms with van der Waals surface area (Å²) in [6, 6.07) is 8.45. The first-order valence-electron chi connectivity index (χ1n) is 8.12. The molecule has 0 aromatic heterocycles. The number of carbonyl (C=O) groups excluding carboxylic acids is 1. The monoisotopic (exact) mass is 304 g/mol. The Bertz CT molecular complexity index is 475. The van der Waals surface area contributed by atoms with Crippen molar-refractivity contribution in [3.05, 3.63) is 35.4 Å². The van der Waals surface area contributed by atoms with E-state index in [1.807, 2.05) is 12.1 Å². The fourth-order valence-electron chi connectivity index (χ4n) is 3.12. The normalized spacial score (nSPS) is 20.8. The summed E-state index contributed by atoms with van der Waals surface area (Å²) in [5.41, 5.74) is 2.68. The maximum Gasteiger partial charge on any atom is 0.315 e. The van der Waals surface area contributed by atoms with E-state index in [-0.39, 0.29) is 18.2 Å². The van der Waals surface area contributed by atoms with Gasteiger partial charge in [-0.15, -0.1) is 0 Å². The van der Waals surface area contributed by atoms with E-state index >= 15 is 0 Å². The van der Waals surface area contributed by atoms with Gasteiger partial charge in [0.2, 0.25) is 0 Å². The minimum Gasteiger partial charge on any atom is -0.377 e. The summed E-state index contributed by atoms with van der Waals surface area (Å²) in [4.78, 5) is 11.9. The van der Waals surface area contributed by atoms with Gasteiger partial charge in [-0.1, -0.05) is 24.3 Å². The molecule has 5 heteroatoms. The van der Waals surface area contributed by atoms with Crippen molar-refractivity contribution in [1.29, 1.82) is 0 Å². The van der Waals surface area contributed by atoms with E-state index in [0.29, 0.717) is 19.8 Å². The van der Waals surface area contributed by atoms with Crippen molar-refractivity contribution >= 4 is 6.03 Å². The van der Waals surface area contributed by atoms with Crippen LogP contribution in [0.15, 0.2) is 24.3 Å². The number of hydrogen-bond donors (Lipinski definition) is 2. The molecule has 1 saturated heterocycles. The molecule has 1 aliphatic carbocycles. The first kappa shape index (κ1) is 15.3. The Labute approximate surface area is 131 Å². The second-order valence-electron chi connectivity index (χ2n) is 5.98. The second kappa shape index (κ2) is 7.61. The summed E-state index contributed by atoms with van der Waals surface area (Å²) < 4.78 is 11.0. The van der Waals surface area contributed by atoms with Gasteiger partial charge >= 0.3 is 6.03 Å². The minimum absolute atomic E-state index is 0.112. The number of amides is 2. The predicted octanol–water partition coefficient (Wildman–Crippen LogP) is 1.65. The summed E-state index contributed by atoms with van der Waals surface area (Å²) in [6.45, 7) is 2.52. The Kier molecular flexibility index (Phi) is 5.29. The molecule has 3 rings (SSSR count). The van der Waals surface area contributed by atoms with Crippen molar-refractivity contribution in [3.63, 3.8) is 0 Å². The zero-order chi connectivity index (χ0) is 15.2. The molecule has 22 heavy (non-hydrogen) atoms. The Balaban J connectivity index is 1.27. The van der Waals surface area contributed by atoms with Crippen LogP contribution in [-0.2, 0) is 22.3 Å². The van der Waals surface area contributed by atoms with Gasteiger partial charge in [-0.3, -0.25) is 0 Å². The molecule has 2 aliphatic rings. The van der Waals surface area contributed by atoms with Gasteiger partial charge in [-0.25, -0.2) is 4.79 Å². The number of fused-ring (bicyclic) bond motifs is 1. The SMILES string of the molecule is O=C(NCCOCC1CCCO1)NC1Cc2ccccc2C1. The molecule has 0 spiro atoms. The third-order valence-corrected chi connectivity index (χ3v) is 4.25. The van der Waals surface area contributed by atoms with E-state index in [1.165, 1.54) is 11.1 Å². The van der Waals surface area contributed by atoms with Crippen molar-refractivity contribution < 1.29 is 14.3 Å². The van der Waals surface area contributed by atoms with E-state index in [4.69, 9.17) is 9.47 Å². The van der Waals surface area contributed by atoms with E-state index in [9.17, 15) is 4.79 Å². The number of benzene rings is 1. The molecule has 1 aliphatic heterocycles. The minimum atomic E-state index is -0.112. The lowest BCUT2D eigenvalue weighted by molar-refractivity contribution is 0.0188. The Morgan fingerprint density at radius 1 is 1.27 bits per heavy atom. The molecular formula is C17H24N2O3. The van der Waals surface area contributed by atoms with Gasteiger partial charge in [0, 0.05) is 19.2 Å².